The summed E-state index contributed by atoms with van der Waals surface area (Å²) >= 11 is 1.56. The van der Waals surface area contributed by atoms with Gasteiger partial charge in [0.25, 0.3) is 5.91 Å². The van der Waals surface area contributed by atoms with Gasteiger partial charge in [0.2, 0.25) is 5.91 Å². The zero-order valence-corrected chi connectivity index (χ0v) is 18.8. The molecular weight excluding hydrogens is 434 g/mol. The molecule has 2 aromatic heterocycles. The lowest BCUT2D eigenvalue weighted by atomic mass is 10.0. The summed E-state index contributed by atoms with van der Waals surface area (Å²) in [6.07, 6.45) is -0.290. The quantitative estimate of drug-likeness (QED) is 0.412. The van der Waals surface area contributed by atoms with Gasteiger partial charge >= 0.3 is 0 Å². The second-order valence-electron chi connectivity index (χ2n) is 7.91. The molecule has 4 aromatic rings. The number of benzene rings is 2. The Kier molecular flexibility index (Phi) is 5.77. The predicted octanol–water partition coefficient (Wildman–Crippen LogP) is 4.48. The lowest BCUT2D eigenvalue weighted by Gasteiger charge is -2.32. The number of rotatable bonds is 5. The molecular formula is C25H23N5O2S. The first-order valence-corrected chi connectivity index (χ1v) is 11.6. The Bertz CT molecular complexity index is 1280. The third-order valence-corrected chi connectivity index (χ3v) is 6.53. The van der Waals surface area contributed by atoms with E-state index in [1.807, 2.05) is 79.0 Å². The van der Waals surface area contributed by atoms with Crippen LogP contribution in [0.5, 0.6) is 0 Å². The number of aryl methyl sites for hydroxylation is 1. The van der Waals surface area contributed by atoms with Crippen LogP contribution in [0.3, 0.4) is 0 Å². The maximum absolute atomic E-state index is 13.1. The number of anilines is 1. The van der Waals surface area contributed by atoms with E-state index in [2.05, 4.69) is 16.0 Å². The van der Waals surface area contributed by atoms with E-state index < -0.39 is 6.29 Å². The fourth-order valence-electron chi connectivity index (χ4n) is 3.96. The van der Waals surface area contributed by atoms with Crippen molar-refractivity contribution in [2.45, 2.75) is 25.7 Å². The third-order valence-electron chi connectivity index (χ3n) is 5.63. The van der Waals surface area contributed by atoms with E-state index in [-0.39, 0.29) is 17.9 Å². The summed E-state index contributed by atoms with van der Waals surface area (Å²) in [5.41, 5.74) is 3.22. The van der Waals surface area contributed by atoms with Crippen molar-refractivity contribution in [3.05, 3.63) is 94.9 Å². The lowest BCUT2D eigenvalue weighted by Crippen LogP contribution is -2.50. The molecule has 2 aromatic carbocycles. The Hall–Kier alpha value is -3.75. The highest BCUT2D eigenvalue weighted by molar-refractivity contribution is 7.13. The number of carbonyl (C=O) groups is 2. The van der Waals surface area contributed by atoms with Crippen molar-refractivity contribution in [1.29, 1.82) is 0 Å². The largest absolute Gasteiger partial charge is 0.322 e. The van der Waals surface area contributed by atoms with Gasteiger partial charge < -0.3 is 10.6 Å². The summed E-state index contributed by atoms with van der Waals surface area (Å²) in [6, 6.07) is 22.9. The molecule has 5 rings (SSSR count). The number of hydrogen-bond acceptors (Lipinski definition) is 5. The van der Waals surface area contributed by atoms with E-state index in [1.54, 1.807) is 22.1 Å². The molecule has 2 atom stereocenters. The highest BCUT2D eigenvalue weighted by atomic mass is 32.1. The first-order chi connectivity index (χ1) is 16.1. The summed E-state index contributed by atoms with van der Waals surface area (Å²) in [6.45, 7) is 1.90. The van der Waals surface area contributed by atoms with Crippen molar-refractivity contribution in [2.75, 3.05) is 5.32 Å². The summed E-state index contributed by atoms with van der Waals surface area (Å²) in [4.78, 5) is 26.6. The van der Waals surface area contributed by atoms with Crippen LogP contribution < -0.4 is 16.0 Å². The number of thiophene rings is 1. The predicted molar refractivity (Wildman–Crippen MR) is 129 cm³/mol. The van der Waals surface area contributed by atoms with Crippen molar-refractivity contribution in [3.63, 3.8) is 0 Å². The van der Waals surface area contributed by atoms with Crippen LogP contribution in [0.2, 0.25) is 0 Å². The normalized spacial score (nSPS) is 18.0. The minimum absolute atomic E-state index is 0.0862. The zero-order chi connectivity index (χ0) is 22.8. The average molecular weight is 458 g/mol. The van der Waals surface area contributed by atoms with Gasteiger partial charge in [0, 0.05) is 24.1 Å². The van der Waals surface area contributed by atoms with E-state index in [1.165, 1.54) is 0 Å². The molecule has 0 radical (unpaired) electrons. The smallest absolute Gasteiger partial charge is 0.257 e. The Morgan fingerprint density at radius 3 is 2.64 bits per heavy atom. The number of hydrogen-bond donors (Lipinski definition) is 3. The van der Waals surface area contributed by atoms with Crippen LogP contribution in [0, 0.1) is 6.92 Å². The topological polar surface area (TPSA) is 88.1 Å². The molecule has 166 valence electrons. The van der Waals surface area contributed by atoms with Crippen LogP contribution in [0.1, 0.15) is 40.2 Å². The first-order valence-electron chi connectivity index (χ1n) is 10.7. The fraction of sp³-hybridized carbons (Fsp3) is 0.160. The van der Waals surface area contributed by atoms with E-state index in [0.717, 1.165) is 21.7 Å². The molecule has 8 heteroatoms. The molecule has 2 unspecified atom stereocenters. The Morgan fingerprint density at radius 2 is 1.88 bits per heavy atom. The van der Waals surface area contributed by atoms with Gasteiger partial charge in [0.15, 0.2) is 6.29 Å². The van der Waals surface area contributed by atoms with Crippen molar-refractivity contribution >= 4 is 29.0 Å². The molecule has 1 aliphatic heterocycles. The average Bonchev–Trinajstić information content (AvgIpc) is 3.50. The Balaban J connectivity index is 1.50. The maximum Gasteiger partial charge on any atom is 0.257 e. The van der Waals surface area contributed by atoms with Crippen LogP contribution >= 0.6 is 11.3 Å². The fourth-order valence-corrected chi connectivity index (χ4v) is 4.64. The molecule has 3 heterocycles. The molecule has 1 saturated heterocycles. The molecule has 2 amide bonds. The second-order valence-corrected chi connectivity index (χ2v) is 8.86. The molecule has 3 N–H and O–H groups in total. The minimum atomic E-state index is -0.614. The summed E-state index contributed by atoms with van der Waals surface area (Å²) in [7, 11) is 0. The molecule has 1 fully saturated rings. The second kappa shape index (κ2) is 9.01. The molecule has 0 aliphatic carbocycles. The van der Waals surface area contributed by atoms with Crippen molar-refractivity contribution in [3.8, 4) is 10.6 Å². The number of nitrogens with zero attached hydrogens (tertiary/aromatic N) is 2. The number of nitrogens with one attached hydrogen (secondary N) is 3. The van der Waals surface area contributed by atoms with Crippen molar-refractivity contribution in [1.82, 2.24) is 20.4 Å². The summed E-state index contributed by atoms with van der Waals surface area (Å²) in [5, 5.41) is 16.1. The highest BCUT2D eigenvalue weighted by Crippen LogP contribution is 2.30. The zero-order valence-electron chi connectivity index (χ0n) is 18.0. The number of carbonyl (C=O) groups excluding carboxylic acids is 2. The first kappa shape index (κ1) is 21.1. The Labute approximate surface area is 195 Å². The van der Waals surface area contributed by atoms with Gasteiger partial charge in [-0.3, -0.25) is 14.9 Å². The van der Waals surface area contributed by atoms with Gasteiger partial charge in [-0.15, -0.1) is 11.3 Å². The van der Waals surface area contributed by atoms with Crippen LogP contribution in [0.15, 0.2) is 78.2 Å². The number of aromatic nitrogens is 2. The van der Waals surface area contributed by atoms with Gasteiger partial charge in [0.05, 0.1) is 4.88 Å². The van der Waals surface area contributed by atoms with E-state index in [0.29, 0.717) is 17.8 Å². The molecule has 0 bridgehead atoms. The third kappa shape index (κ3) is 4.44. The van der Waals surface area contributed by atoms with Gasteiger partial charge in [-0.2, -0.15) is 5.10 Å². The molecule has 0 saturated carbocycles. The standard InChI is InChI=1S/C25H23N5O2S/c1-16-8-5-6-11-18(16)24(32)27-22-14-20(21-12-7-13-33-21)29-30(22)25-26-19(15-23(31)28-25)17-9-3-2-4-10-17/h2-14,19,25-26H,15H2,1H3,(H,27,32)(H,28,31). The van der Waals surface area contributed by atoms with Crippen LogP contribution in [-0.2, 0) is 4.79 Å². The Morgan fingerprint density at radius 1 is 1.09 bits per heavy atom. The van der Waals surface area contributed by atoms with Crippen LogP contribution in [0.25, 0.3) is 10.6 Å². The summed E-state index contributed by atoms with van der Waals surface area (Å²) in [5.74, 6) is 0.184. The van der Waals surface area contributed by atoms with E-state index in [4.69, 9.17) is 5.10 Å². The van der Waals surface area contributed by atoms with Gasteiger partial charge in [0.1, 0.15) is 11.5 Å². The minimum Gasteiger partial charge on any atom is -0.322 e. The molecule has 7 nitrogen and oxygen atoms in total. The van der Waals surface area contributed by atoms with Crippen molar-refractivity contribution < 1.29 is 9.59 Å². The van der Waals surface area contributed by atoms with E-state index >= 15 is 0 Å². The van der Waals surface area contributed by atoms with Gasteiger partial charge in [-0.05, 0) is 35.6 Å². The molecule has 33 heavy (non-hydrogen) atoms. The van der Waals surface area contributed by atoms with Crippen LogP contribution in [-0.4, -0.2) is 21.6 Å². The SMILES string of the molecule is Cc1ccccc1C(=O)Nc1cc(-c2cccs2)nn1C1NC(=O)CC(c2ccccc2)N1. The molecule has 0 spiro atoms. The van der Waals surface area contributed by atoms with Gasteiger partial charge in [-0.1, -0.05) is 54.6 Å². The highest BCUT2D eigenvalue weighted by Gasteiger charge is 2.30. The van der Waals surface area contributed by atoms with Gasteiger partial charge in [-0.25, -0.2) is 4.68 Å². The summed E-state index contributed by atoms with van der Waals surface area (Å²) < 4.78 is 1.64. The molecule has 1 aliphatic rings. The van der Waals surface area contributed by atoms with Crippen LogP contribution in [0.4, 0.5) is 5.82 Å². The lowest BCUT2D eigenvalue weighted by molar-refractivity contribution is -0.125. The number of amides is 2. The maximum atomic E-state index is 13.1. The monoisotopic (exact) mass is 457 g/mol. The van der Waals surface area contributed by atoms with Crippen molar-refractivity contribution in [2.24, 2.45) is 0 Å². The van der Waals surface area contributed by atoms with E-state index in [9.17, 15) is 9.59 Å².